The molecule has 0 aliphatic carbocycles. The largest absolute Gasteiger partial charge is 0.350 e. The van der Waals surface area contributed by atoms with Crippen LogP contribution < -0.4 is 10.2 Å². The lowest BCUT2D eigenvalue weighted by molar-refractivity contribution is -0.384. The number of nitrogens with one attached hydrogen (secondary N) is 1. The first-order valence-corrected chi connectivity index (χ1v) is 5.23. The number of hydrogen-bond acceptors (Lipinski definition) is 5. The third kappa shape index (κ3) is 1.96. The smallest absolute Gasteiger partial charge is 0.311 e. The molecule has 1 fully saturated rings. The van der Waals surface area contributed by atoms with Crippen LogP contribution in [0.2, 0.25) is 0 Å². The lowest BCUT2D eigenvalue weighted by atomic mass is 10.2. The zero-order valence-corrected chi connectivity index (χ0v) is 9.09. The van der Waals surface area contributed by atoms with Crippen molar-refractivity contribution in [3.05, 3.63) is 28.4 Å². The van der Waals surface area contributed by atoms with Crippen LogP contribution in [-0.2, 0) is 0 Å². The first-order chi connectivity index (χ1) is 7.70. The zero-order chi connectivity index (χ0) is 11.5. The Bertz CT molecular complexity index is 390. The minimum absolute atomic E-state index is 0.0666. The van der Waals surface area contributed by atoms with Gasteiger partial charge in [-0.3, -0.25) is 10.1 Å². The van der Waals surface area contributed by atoms with E-state index in [9.17, 15) is 10.1 Å². The van der Waals surface area contributed by atoms with Crippen molar-refractivity contribution >= 4 is 11.5 Å². The van der Waals surface area contributed by atoms with Crippen molar-refractivity contribution in [3.63, 3.8) is 0 Å². The predicted octanol–water partition coefficient (Wildman–Crippen LogP) is 0.788. The average molecular weight is 222 g/mol. The molecule has 0 saturated carbocycles. The van der Waals surface area contributed by atoms with Crippen LogP contribution in [-0.4, -0.2) is 36.1 Å². The van der Waals surface area contributed by atoms with Crippen LogP contribution >= 0.6 is 0 Å². The highest BCUT2D eigenvalue weighted by Gasteiger charge is 2.25. The molecule has 1 atom stereocenters. The molecule has 2 rings (SSSR count). The van der Waals surface area contributed by atoms with Gasteiger partial charge in [-0.1, -0.05) is 0 Å². The molecule has 1 aromatic rings. The van der Waals surface area contributed by atoms with Gasteiger partial charge in [0.1, 0.15) is 0 Å². The van der Waals surface area contributed by atoms with Crippen LogP contribution in [0.25, 0.3) is 0 Å². The number of aromatic nitrogens is 1. The molecule has 1 saturated heterocycles. The highest BCUT2D eigenvalue weighted by atomic mass is 16.6. The fourth-order valence-corrected chi connectivity index (χ4v) is 1.95. The van der Waals surface area contributed by atoms with E-state index >= 15 is 0 Å². The van der Waals surface area contributed by atoms with Gasteiger partial charge in [-0.05, 0) is 19.0 Å². The Morgan fingerprint density at radius 1 is 1.69 bits per heavy atom. The summed E-state index contributed by atoms with van der Waals surface area (Å²) in [6.45, 7) is 1.81. The molecule has 1 N–H and O–H groups in total. The summed E-state index contributed by atoms with van der Waals surface area (Å²) >= 11 is 0. The van der Waals surface area contributed by atoms with Crippen LogP contribution in [0, 0.1) is 10.1 Å². The van der Waals surface area contributed by atoms with Gasteiger partial charge in [-0.2, -0.15) is 0 Å². The van der Waals surface area contributed by atoms with Crippen molar-refractivity contribution in [2.75, 3.05) is 25.0 Å². The molecular weight excluding hydrogens is 208 g/mol. The molecule has 1 aliphatic heterocycles. The third-order valence-corrected chi connectivity index (χ3v) is 2.88. The summed E-state index contributed by atoms with van der Waals surface area (Å²) in [6.07, 6.45) is 2.57. The van der Waals surface area contributed by atoms with Crippen molar-refractivity contribution in [1.82, 2.24) is 10.3 Å². The molecule has 1 aromatic heterocycles. The highest BCUT2D eigenvalue weighted by molar-refractivity contribution is 5.57. The molecule has 1 aliphatic rings. The van der Waals surface area contributed by atoms with Gasteiger partial charge in [0.15, 0.2) is 0 Å². The Labute approximate surface area is 93.4 Å². The maximum atomic E-state index is 10.9. The molecule has 0 bridgehead atoms. The maximum absolute atomic E-state index is 10.9. The van der Waals surface area contributed by atoms with Crippen molar-refractivity contribution in [3.8, 4) is 0 Å². The molecule has 6 nitrogen and oxygen atoms in total. The Morgan fingerprint density at radius 3 is 3.12 bits per heavy atom. The second-order valence-corrected chi connectivity index (χ2v) is 3.86. The number of nitro groups is 1. The Kier molecular flexibility index (Phi) is 3.00. The summed E-state index contributed by atoms with van der Waals surface area (Å²) in [5, 5.41) is 14.1. The first kappa shape index (κ1) is 10.8. The van der Waals surface area contributed by atoms with Gasteiger partial charge in [0.2, 0.25) is 5.82 Å². The van der Waals surface area contributed by atoms with Crippen LogP contribution in [0.4, 0.5) is 11.5 Å². The molecular formula is C10H14N4O2. The minimum atomic E-state index is -0.388. The third-order valence-electron chi connectivity index (χ3n) is 2.88. The Hall–Kier alpha value is -1.69. The normalized spacial score (nSPS) is 19.7. The minimum Gasteiger partial charge on any atom is -0.350 e. The van der Waals surface area contributed by atoms with Gasteiger partial charge < -0.3 is 10.2 Å². The van der Waals surface area contributed by atoms with E-state index < -0.39 is 0 Å². The molecule has 86 valence electrons. The van der Waals surface area contributed by atoms with Crippen molar-refractivity contribution in [1.29, 1.82) is 0 Å². The fourth-order valence-electron chi connectivity index (χ4n) is 1.95. The number of nitrogens with zero attached hydrogens (tertiary/aromatic N) is 3. The molecule has 16 heavy (non-hydrogen) atoms. The number of anilines is 1. The summed E-state index contributed by atoms with van der Waals surface area (Å²) < 4.78 is 0. The standard InChI is InChI=1S/C10H14N4O2/c1-13(8-4-6-11-7-8)10-9(14(15)16)3-2-5-12-10/h2-3,5,8,11H,4,6-7H2,1H3. The van der Waals surface area contributed by atoms with Gasteiger partial charge in [-0.25, -0.2) is 4.98 Å². The first-order valence-electron chi connectivity index (χ1n) is 5.23. The molecule has 6 heteroatoms. The SMILES string of the molecule is CN(c1ncccc1[N+](=O)[O-])C1CCNC1. The molecule has 0 amide bonds. The quantitative estimate of drug-likeness (QED) is 0.604. The van der Waals surface area contributed by atoms with E-state index in [1.54, 1.807) is 12.3 Å². The summed E-state index contributed by atoms with van der Waals surface area (Å²) in [5.74, 6) is 0.446. The van der Waals surface area contributed by atoms with Crippen molar-refractivity contribution < 1.29 is 4.92 Å². The summed E-state index contributed by atoms with van der Waals surface area (Å²) in [7, 11) is 1.85. The number of rotatable bonds is 3. The zero-order valence-electron chi connectivity index (χ0n) is 9.09. The van der Waals surface area contributed by atoms with E-state index in [-0.39, 0.29) is 16.7 Å². The van der Waals surface area contributed by atoms with Gasteiger partial charge in [0, 0.05) is 31.9 Å². The van der Waals surface area contributed by atoms with E-state index in [0.29, 0.717) is 5.82 Å². The second kappa shape index (κ2) is 4.44. The fraction of sp³-hybridized carbons (Fsp3) is 0.500. The maximum Gasteiger partial charge on any atom is 0.311 e. The number of likely N-dealkylation sites (N-methyl/N-ethyl adjacent to an activating group) is 1. The molecule has 0 radical (unpaired) electrons. The Morgan fingerprint density at radius 2 is 2.50 bits per heavy atom. The van der Waals surface area contributed by atoms with Crippen LogP contribution in [0.3, 0.4) is 0 Å². The van der Waals surface area contributed by atoms with Crippen LogP contribution in [0.15, 0.2) is 18.3 Å². The summed E-state index contributed by atoms with van der Waals surface area (Å²) in [5.41, 5.74) is 0.0666. The second-order valence-electron chi connectivity index (χ2n) is 3.86. The molecule has 1 unspecified atom stereocenters. The van der Waals surface area contributed by atoms with E-state index in [2.05, 4.69) is 10.3 Å². The van der Waals surface area contributed by atoms with Gasteiger partial charge in [0.05, 0.1) is 4.92 Å². The van der Waals surface area contributed by atoms with E-state index in [1.807, 2.05) is 11.9 Å². The van der Waals surface area contributed by atoms with E-state index in [1.165, 1.54) is 6.07 Å². The predicted molar refractivity (Wildman–Crippen MR) is 60.6 cm³/mol. The van der Waals surface area contributed by atoms with Gasteiger partial charge >= 0.3 is 5.69 Å². The van der Waals surface area contributed by atoms with Gasteiger partial charge in [-0.15, -0.1) is 0 Å². The monoisotopic (exact) mass is 222 g/mol. The van der Waals surface area contributed by atoms with Crippen molar-refractivity contribution in [2.45, 2.75) is 12.5 Å². The number of pyridine rings is 1. The molecule has 0 aromatic carbocycles. The lowest BCUT2D eigenvalue weighted by Crippen LogP contribution is -2.34. The molecule has 2 heterocycles. The lowest BCUT2D eigenvalue weighted by Gasteiger charge is -2.24. The topological polar surface area (TPSA) is 71.3 Å². The van der Waals surface area contributed by atoms with Crippen molar-refractivity contribution in [2.24, 2.45) is 0 Å². The van der Waals surface area contributed by atoms with Crippen LogP contribution in [0.5, 0.6) is 0 Å². The van der Waals surface area contributed by atoms with Crippen LogP contribution in [0.1, 0.15) is 6.42 Å². The number of hydrogen-bond donors (Lipinski definition) is 1. The Balaban J connectivity index is 2.27. The summed E-state index contributed by atoms with van der Waals surface area (Å²) in [4.78, 5) is 16.5. The van der Waals surface area contributed by atoms with Gasteiger partial charge in [0.25, 0.3) is 0 Å². The average Bonchev–Trinajstić information content (AvgIpc) is 2.81. The van der Waals surface area contributed by atoms with E-state index in [0.717, 1.165) is 19.5 Å². The summed E-state index contributed by atoms with van der Waals surface area (Å²) in [6, 6.07) is 3.36. The van der Waals surface area contributed by atoms with E-state index in [4.69, 9.17) is 0 Å². The molecule has 0 spiro atoms. The highest BCUT2D eigenvalue weighted by Crippen LogP contribution is 2.26.